The fourth-order valence-corrected chi connectivity index (χ4v) is 2.30. The van der Waals surface area contributed by atoms with Crippen LogP contribution in [0.25, 0.3) is 0 Å². The van der Waals surface area contributed by atoms with Crippen LogP contribution in [0.2, 0.25) is 0 Å². The van der Waals surface area contributed by atoms with Crippen molar-refractivity contribution < 1.29 is 9.53 Å². The number of ketones is 1. The van der Waals surface area contributed by atoms with Crippen molar-refractivity contribution in [1.82, 2.24) is 0 Å². The van der Waals surface area contributed by atoms with Gasteiger partial charge in [-0.05, 0) is 34.1 Å². The highest BCUT2D eigenvalue weighted by Crippen LogP contribution is 2.41. The summed E-state index contributed by atoms with van der Waals surface area (Å²) in [6.45, 7) is 9.68. The average Bonchev–Trinajstić information content (AvgIpc) is 2.18. The normalized spacial score (nSPS) is 26.1. The second kappa shape index (κ2) is 3.17. The van der Waals surface area contributed by atoms with Crippen LogP contribution in [-0.2, 0) is 9.53 Å². The Bertz CT molecular complexity index is 261. The zero-order valence-corrected chi connectivity index (χ0v) is 9.10. The van der Waals surface area contributed by atoms with Crippen molar-refractivity contribution in [2.75, 3.05) is 0 Å². The van der Waals surface area contributed by atoms with E-state index in [1.807, 2.05) is 20.8 Å². The van der Waals surface area contributed by atoms with Crippen molar-refractivity contribution in [2.45, 2.75) is 46.6 Å². The van der Waals surface area contributed by atoms with Gasteiger partial charge in [0.15, 0.2) is 5.78 Å². The monoisotopic (exact) mass is 182 g/mol. The molecule has 0 fully saturated rings. The van der Waals surface area contributed by atoms with Gasteiger partial charge >= 0.3 is 0 Å². The van der Waals surface area contributed by atoms with Crippen LogP contribution < -0.4 is 0 Å². The molecule has 0 N–H and O–H groups in total. The van der Waals surface area contributed by atoms with E-state index in [2.05, 4.69) is 6.92 Å². The lowest BCUT2D eigenvalue weighted by atomic mass is 9.83. The van der Waals surface area contributed by atoms with E-state index in [9.17, 15) is 4.79 Å². The molecule has 0 aromatic carbocycles. The fraction of sp³-hybridized carbons (Fsp3) is 0.727. The van der Waals surface area contributed by atoms with Crippen LogP contribution in [-0.4, -0.2) is 11.4 Å². The maximum absolute atomic E-state index is 11.4. The molecule has 74 valence electrons. The van der Waals surface area contributed by atoms with Crippen molar-refractivity contribution in [3.05, 3.63) is 11.3 Å². The van der Waals surface area contributed by atoms with Crippen LogP contribution in [0.15, 0.2) is 11.3 Å². The first-order chi connectivity index (χ1) is 5.90. The molecule has 1 heterocycles. The van der Waals surface area contributed by atoms with Gasteiger partial charge in [0.25, 0.3) is 0 Å². The van der Waals surface area contributed by atoms with E-state index in [0.717, 1.165) is 17.8 Å². The van der Waals surface area contributed by atoms with Crippen molar-refractivity contribution in [3.63, 3.8) is 0 Å². The van der Waals surface area contributed by atoms with E-state index in [4.69, 9.17) is 4.74 Å². The van der Waals surface area contributed by atoms with Crippen LogP contribution in [0.4, 0.5) is 0 Å². The molecule has 0 spiro atoms. The summed E-state index contributed by atoms with van der Waals surface area (Å²) in [5, 5.41) is 0. The number of ether oxygens (including phenoxy) is 1. The minimum atomic E-state index is -0.208. The van der Waals surface area contributed by atoms with Gasteiger partial charge in [-0.3, -0.25) is 4.79 Å². The quantitative estimate of drug-likeness (QED) is 0.656. The summed E-state index contributed by atoms with van der Waals surface area (Å²) in [6.07, 6.45) is 0.958. The molecule has 0 radical (unpaired) electrons. The molecule has 0 aliphatic carbocycles. The van der Waals surface area contributed by atoms with Crippen molar-refractivity contribution >= 4 is 5.78 Å². The van der Waals surface area contributed by atoms with Gasteiger partial charge in [0.1, 0.15) is 11.4 Å². The van der Waals surface area contributed by atoms with E-state index >= 15 is 0 Å². The average molecular weight is 182 g/mol. The van der Waals surface area contributed by atoms with E-state index in [-0.39, 0.29) is 17.3 Å². The van der Waals surface area contributed by atoms with Gasteiger partial charge in [0, 0.05) is 11.5 Å². The molecule has 2 heteroatoms. The van der Waals surface area contributed by atoms with E-state index in [1.54, 1.807) is 6.92 Å². The Morgan fingerprint density at radius 3 is 2.38 bits per heavy atom. The Balaban J connectivity index is 3.05. The molecule has 13 heavy (non-hydrogen) atoms. The van der Waals surface area contributed by atoms with Gasteiger partial charge in [-0.1, -0.05) is 6.92 Å². The Kier molecular flexibility index (Phi) is 2.51. The Labute approximate surface area is 80.0 Å². The third-order valence-electron chi connectivity index (χ3n) is 2.77. The lowest BCUT2D eigenvalue weighted by molar-refractivity contribution is -0.114. The first-order valence-corrected chi connectivity index (χ1v) is 4.81. The minimum Gasteiger partial charge on any atom is -0.491 e. The maximum Gasteiger partial charge on any atom is 0.159 e. The fourth-order valence-electron chi connectivity index (χ4n) is 2.30. The maximum atomic E-state index is 11.4. The van der Waals surface area contributed by atoms with Crippen LogP contribution in [0.3, 0.4) is 0 Å². The van der Waals surface area contributed by atoms with Gasteiger partial charge in [0.2, 0.25) is 0 Å². The predicted octanol–water partition coefficient (Wildman–Crippen LogP) is 2.68. The van der Waals surface area contributed by atoms with Gasteiger partial charge in [0.05, 0.1) is 0 Å². The van der Waals surface area contributed by atoms with E-state index < -0.39 is 0 Å². The molecule has 0 amide bonds. The molecular weight excluding hydrogens is 164 g/mol. The van der Waals surface area contributed by atoms with E-state index in [0.29, 0.717) is 0 Å². The third-order valence-corrected chi connectivity index (χ3v) is 2.77. The van der Waals surface area contributed by atoms with Crippen molar-refractivity contribution in [3.8, 4) is 0 Å². The molecule has 0 aromatic rings. The first-order valence-electron chi connectivity index (χ1n) is 4.81. The summed E-state index contributed by atoms with van der Waals surface area (Å²) < 4.78 is 5.68. The summed E-state index contributed by atoms with van der Waals surface area (Å²) in [6, 6.07) is 0. The third kappa shape index (κ3) is 1.62. The zero-order chi connectivity index (χ0) is 10.2. The number of hydrogen-bond donors (Lipinski definition) is 0. The largest absolute Gasteiger partial charge is 0.491 e. The highest BCUT2D eigenvalue weighted by Gasteiger charge is 2.41. The molecule has 1 rings (SSSR count). The number of Topliss-reactive ketones (excluding diaryl/α,β-unsaturated/α-hetero) is 1. The van der Waals surface area contributed by atoms with Gasteiger partial charge in [-0.2, -0.15) is 0 Å². The Morgan fingerprint density at radius 2 is 2.08 bits per heavy atom. The number of allylic oxidation sites excluding steroid dienone is 1. The summed E-state index contributed by atoms with van der Waals surface area (Å²) in [7, 11) is 0. The van der Waals surface area contributed by atoms with E-state index in [1.165, 1.54) is 0 Å². The molecule has 1 unspecified atom stereocenters. The Hall–Kier alpha value is -0.790. The minimum absolute atomic E-state index is 0.148. The highest BCUT2D eigenvalue weighted by atomic mass is 16.5. The molecule has 0 aromatic heterocycles. The molecule has 0 saturated heterocycles. The summed E-state index contributed by atoms with van der Waals surface area (Å²) >= 11 is 0. The second-order valence-corrected chi connectivity index (χ2v) is 4.19. The number of rotatable bonds is 2. The lowest BCUT2D eigenvalue weighted by Gasteiger charge is -2.26. The molecule has 0 bridgehead atoms. The molecule has 0 saturated carbocycles. The van der Waals surface area contributed by atoms with Crippen LogP contribution >= 0.6 is 0 Å². The van der Waals surface area contributed by atoms with Crippen LogP contribution in [0.5, 0.6) is 0 Å². The molecule has 1 atom stereocenters. The lowest BCUT2D eigenvalue weighted by Crippen LogP contribution is -2.30. The summed E-state index contributed by atoms with van der Waals surface area (Å²) in [4.78, 5) is 11.4. The molecular formula is C11H18O2. The number of carbonyl (C=O) groups is 1. The zero-order valence-electron chi connectivity index (χ0n) is 9.10. The van der Waals surface area contributed by atoms with Gasteiger partial charge in [-0.25, -0.2) is 0 Å². The van der Waals surface area contributed by atoms with Crippen molar-refractivity contribution in [2.24, 2.45) is 5.92 Å². The smallest absolute Gasteiger partial charge is 0.159 e. The standard InChI is InChI=1S/C11H18O2/c1-6-9-10(7(2)12)8(3)13-11(9,4)5/h9H,6H2,1-5H3. The Morgan fingerprint density at radius 1 is 1.54 bits per heavy atom. The SMILES string of the molecule is CCC1C(C(C)=O)=C(C)OC1(C)C. The molecule has 2 nitrogen and oxygen atoms in total. The first kappa shape index (κ1) is 10.3. The van der Waals surface area contributed by atoms with Crippen molar-refractivity contribution in [1.29, 1.82) is 0 Å². The van der Waals surface area contributed by atoms with Gasteiger partial charge in [-0.15, -0.1) is 0 Å². The predicted molar refractivity (Wildman–Crippen MR) is 52.3 cm³/mol. The molecule has 1 aliphatic heterocycles. The summed E-state index contributed by atoms with van der Waals surface area (Å²) in [5.41, 5.74) is 0.673. The number of hydrogen-bond acceptors (Lipinski definition) is 2. The topological polar surface area (TPSA) is 26.3 Å². The van der Waals surface area contributed by atoms with Gasteiger partial charge < -0.3 is 4.74 Å². The van der Waals surface area contributed by atoms with Crippen LogP contribution in [0.1, 0.15) is 41.0 Å². The van der Waals surface area contributed by atoms with Crippen LogP contribution in [0, 0.1) is 5.92 Å². The summed E-state index contributed by atoms with van der Waals surface area (Å²) in [5.74, 6) is 1.21. The highest BCUT2D eigenvalue weighted by molar-refractivity contribution is 5.94. The second-order valence-electron chi connectivity index (χ2n) is 4.19. The molecule has 1 aliphatic rings. The number of carbonyl (C=O) groups excluding carboxylic acids is 1.